The average molecular weight is 289 g/mol. The summed E-state index contributed by atoms with van der Waals surface area (Å²) in [4.78, 5) is 21.0. The number of ether oxygens (including phenoxy) is 1. The van der Waals surface area contributed by atoms with E-state index in [1.807, 2.05) is 29.3 Å². The first kappa shape index (κ1) is 14.3. The minimum absolute atomic E-state index is 0.308. The zero-order chi connectivity index (χ0) is 14.5. The van der Waals surface area contributed by atoms with Crippen LogP contribution in [-0.2, 0) is 9.53 Å². The summed E-state index contributed by atoms with van der Waals surface area (Å²) in [7, 11) is 0. The molecule has 1 aromatic rings. The third-order valence-corrected chi connectivity index (χ3v) is 4.41. The number of hydrogen-bond acceptors (Lipinski definition) is 4. The largest absolute Gasteiger partial charge is 0.381 e. The number of carbonyl (C=O) groups is 1. The lowest BCUT2D eigenvalue weighted by Gasteiger charge is -2.36. The van der Waals surface area contributed by atoms with Crippen LogP contribution >= 0.6 is 0 Å². The average Bonchev–Trinajstić information content (AvgIpc) is 2.57. The van der Waals surface area contributed by atoms with Gasteiger partial charge >= 0.3 is 0 Å². The fourth-order valence-corrected chi connectivity index (χ4v) is 3.05. The van der Waals surface area contributed by atoms with E-state index in [1.54, 1.807) is 0 Å². The number of piperazine rings is 1. The molecule has 5 heteroatoms. The van der Waals surface area contributed by atoms with Gasteiger partial charge in [-0.15, -0.1) is 0 Å². The first-order valence-corrected chi connectivity index (χ1v) is 7.84. The normalized spacial score (nSPS) is 20.6. The number of nitrogens with zero attached hydrogens (tertiary/aromatic N) is 3. The fraction of sp³-hybridized carbons (Fsp3) is 0.625. The van der Waals surface area contributed by atoms with E-state index >= 15 is 0 Å². The van der Waals surface area contributed by atoms with Crippen molar-refractivity contribution >= 4 is 11.7 Å². The van der Waals surface area contributed by atoms with Crippen molar-refractivity contribution in [3.05, 3.63) is 24.4 Å². The molecule has 0 unspecified atom stereocenters. The van der Waals surface area contributed by atoms with Gasteiger partial charge in [0.15, 0.2) is 0 Å². The minimum Gasteiger partial charge on any atom is -0.381 e. The molecule has 2 fully saturated rings. The second kappa shape index (κ2) is 6.89. The molecule has 2 saturated heterocycles. The molecule has 2 aliphatic heterocycles. The van der Waals surface area contributed by atoms with Gasteiger partial charge in [0.25, 0.3) is 0 Å². The monoisotopic (exact) mass is 289 g/mol. The van der Waals surface area contributed by atoms with Gasteiger partial charge in [0.05, 0.1) is 0 Å². The molecule has 0 radical (unpaired) electrons. The van der Waals surface area contributed by atoms with Crippen molar-refractivity contribution in [2.45, 2.75) is 19.3 Å². The van der Waals surface area contributed by atoms with E-state index in [9.17, 15) is 4.79 Å². The van der Waals surface area contributed by atoms with Crippen LogP contribution in [0.4, 0.5) is 5.82 Å². The highest BCUT2D eigenvalue weighted by molar-refractivity contribution is 5.76. The van der Waals surface area contributed by atoms with E-state index in [2.05, 4.69) is 9.88 Å². The zero-order valence-corrected chi connectivity index (χ0v) is 12.4. The second-order valence-corrected chi connectivity index (χ2v) is 5.82. The van der Waals surface area contributed by atoms with E-state index in [0.717, 1.165) is 58.1 Å². The van der Waals surface area contributed by atoms with Crippen LogP contribution in [0.15, 0.2) is 24.4 Å². The van der Waals surface area contributed by atoms with E-state index in [0.29, 0.717) is 18.2 Å². The predicted octanol–water partition coefficient (Wildman–Crippen LogP) is 1.55. The summed E-state index contributed by atoms with van der Waals surface area (Å²) in [6, 6.07) is 5.96. The molecule has 5 nitrogen and oxygen atoms in total. The van der Waals surface area contributed by atoms with Gasteiger partial charge in [-0.05, 0) is 30.9 Å². The summed E-state index contributed by atoms with van der Waals surface area (Å²) in [5.74, 6) is 1.83. The van der Waals surface area contributed by atoms with Crippen LogP contribution in [0.5, 0.6) is 0 Å². The Hall–Kier alpha value is -1.62. The first-order chi connectivity index (χ1) is 10.3. The molecule has 3 rings (SSSR count). The van der Waals surface area contributed by atoms with Gasteiger partial charge < -0.3 is 14.5 Å². The molecule has 0 atom stereocenters. The minimum atomic E-state index is 0.308. The van der Waals surface area contributed by atoms with Crippen LogP contribution in [0, 0.1) is 5.92 Å². The lowest BCUT2D eigenvalue weighted by molar-refractivity contribution is -0.133. The number of rotatable bonds is 3. The molecule has 114 valence electrons. The van der Waals surface area contributed by atoms with Gasteiger partial charge in [0.2, 0.25) is 5.91 Å². The Morgan fingerprint density at radius 3 is 2.62 bits per heavy atom. The number of carbonyl (C=O) groups excluding carboxylic acids is 1. The predicted molar refractivity (Wildman–Crippen MR) is 81.2 cm³/mol. The lowest BCUT2D eigenvalue weighted by atomic mass is 9.96. The molecular weight excluding hydrogens is 266 g/mol. The number of hydrogen-bond donors (Lipinski definition) is 0. The van der Waals surface area contributed by atoms with Crippen molar-refractivity contribution in [3.63, 3.8) is 0 Å². The van der Waals surface area contributed by atoms with E-state index in [4.69, 9.17) is 4.74 Å². The van der Waals surface area contributed by atoms with Crippen LogP contribution in [-0.4, -0.2) is 55.2 Å². The molecule has 3 heterocycles. The first-order valence-electron chi connectivity index (χ1n) is 7.84. The van der Waals surface area contributed by atoms with Crippen LogP contribution in [0.2, 0.25) is 0 Å². The Morgan fingerprint density at radius 1 is 1.19 bits per heavy atom. The summed E-state index contributed by atoms with van der Waals surface area (Å²) in [6.45, 7) is 4.97. The standard InChI is InChI=1S/C16H23N3O2/c20-16(13-14-4-11-21-12-5-14)19-9-7-18(8-10-19)15-3-1-2-6-17-15/h1-3,6,14H,4-5,7-13H2. The SMILES string of the molecule is O=C(CC1CCOCC1)N1CCN(c2ccccn2)CC1. The Bertz CT molecular complexity index is 452. The molecule has 0 saturated carbocycles. The third-order valence-electron chi connectivity index (χ3n) is 4.41. The Kier molecular flexibility index (Phi) is 4.70. The fourth-order valence-electron chi connectivity index (χ4n) is 3.05. The van der Waals surface area contributed by atoms with Crippen molar-refractivity contribution in [1.29, 1.82) is 0 Å². The smallest absolute Gasteiger partial charge is 0.222 e. The zero-order valence-electron chi connectivity index (χ0n) is 12.4. The maximum absolute atomic E-state index is 12.4. The molecule has 0 bridgehead atoms. The highest BCUT2D eigenvalue weighted by Crippen LogP contribution is 2.20. The summed E-state index contributed by atoms with van der Waals surface area (Å²) in [5, 5.41) is 0. The molecule has 0 N–H and O–H groups in total. The summed E-state index contributed by atoms with van der Waals surface area (Å²) in [5.41, 5.74) is 0. The van der Waals surface area contributed by atoms with Gasteiger partial charge in [-0.2, -0.15) is 0 Å². The van der Waals surface area contributed by atoms with Crippen LogP contribution in [0.25, 0.3) is 0 Å². The van der Waals surface area contributed by atoms with E-state index < -0.39 is 0 Å². The molecule has 21 heavy (non-hydrogen) atoms. The summed E-state index contributed by atoms with van der Waals surface area (Å²) in [6.07, 6.45) is 4.56. The molecule has 0 aromatic carbocycles. The Morgan fingerprint density at radius 2 is 1.95 bits per heavy atom. The third kappa shape index (κ3) is 3.73. The van der Waals surface area contributed by atoms with E-state index in [1.165, 1.54) is 0 Å². The molecule has 0 spiro atoms. The van der Waals surface area contributed by atoms with Crippen molar-refractivity contribution in [1.82, 2.24) is 9.88 Å². The molecule has 2 aliphatic rings. The molecule has 1 amide bonds. The van der Waals surface area contributed by atoms with Crippen molar-refractivity contribution < 1.29 is 9.53 Å². The van der Waals surface area contributed by atoms with Gasteiger partial charge in [0.1, 0.15) is 5.82 Å². The van der Waals surface area contributed by atoms with Crippen LogP contribution in [0.3, 0.4) is 0 Å². The van der Waals surface area contributed by atoms with Gasteiger partial charge in [-0.3, -0.25) is 4.79 Å². The summed E-state index contributed by atoms with van der Waals surface area (Å²) >= 11 is 0. The van der Waals surface area contributed by atoms with Crippen LogP contribution in [0.1, 0.15) is 19.3 Å². The maximum atomic E-state index is 12.4. The van der Waals surface area contributed by atoms with E-state index in [-0.39, 0.29) is 0 Å². The lowest BCUT2D eigenvalue weighted by Crippen LogP contribution is -2.49. The molecule has 1 aromatic heterocycles. The Balaban J connectivity index is 1.47. The molecule has 0 aliphatic carbocycles. The highest BCUT2D eigenvalue weighted by atomic mass is 16.5. The quantitative estimate of drug-likeness (QED) is 0.847. The van der Waals surface area contributed by atoms with Crippen molar-refractivity contribution in [2.75, 3.05) is 44.3 Å². The number of amides is 1. The molecular formula is C16H23N3O2. The second-order valence-electron chi connectivity index (χ2n) is 5.82. The number of anilines is 1. The van der Waals surface area contributed by atoms with Gasteiger partial charge in [-0.1, -0.05) is 6.07 Å². The number of pyridine rings is 1. The van der Waals surface area contributed by atoms with Crippen LogP contribution < -0.4 is 4.90 Å². The summed E-state index contributed by atoms with van der Waals surface area (Å²) < 4.78 is 5.35. The Labute approximate surface area is 125 Å². The van der Waals surface area contributed by atoms with Crippen molar-refractivity contribution in [2.24, 2.45) is 5.92 Å². The maximum Gasteiger partial charge on any atom is 0.222 e. The van der Waals surface area contributed by atoms with Crippen molar-refractivity contribution in [3.8, 4) is 0 Å². The van der Waals surface area contributed by atoms with Gasteiger partial charge in [-0.25, -0.2) is 4.98 Å². The van der Waals surface area contributed by atoms with Gasteiger partial charge in [0, 0.05) is 52.0 Å². The highest BCUT2D eigenvalue weighted by Gasteiger charge is 2.24. The number of aromatic nitrogens is 1. The topological polar surface area (TPSA) is 45.7 Å².